The van der Waals surface area contributed by atoms with Crippen molar-refractivity contribution in [3.8, 4) is 0 Å². The second-order valence-corrected chi connectivity index (χ2v) is 6.52. The highest BCUT2D eigenvalue weighted by atomic mass is 16.5. The average Bonchev–Trinajstić information content (AvgIpc) is 2.27. The lowest BCUT2D eigenvalue weighted by Crippen LogP contribution is -2.57. The van der Waals surface area contributed by atoms with E-state index in [4.69, 9.17) is 4.74 Å². The predicted molar refractivity (Wildman–Crippen MR) is 71.8 cm³/mol. The number of carboxylic acid groups (broad SMARTS) is 1. The Kier molecular flexibility index (Phi) is 4.96. The van der Waals surface area contributed by atoms with Crippen LogP contribution in [-0.4, -0.2) is 36.2 Å². The predicted octanol–water partition coefficient (Wildman–Crippen LogP) is 1.81. The Morgan fingerprint density at radius 3 is 2.58 bits per heavy atom. The van der Waals surface area contributed by atoms with Crippen molar-refractivity contribution in [1.82, 2.24) is 5.32 Å². The van der Waals surface area contributed by atoms with Crippen LogP contribution in [0.5, 0.6) is 0 Å². The number of carboxylic acids is 1. The van der Waals surface area contributed by atoms with Crippen LogP contribution in [0, 0.1) is 11.3 Å². The van der Waals surface area contributed by atoms with Crippen LogP contribution in [0.25, 0.3) is 0 Å². The molecule has 2 atom stereocenters. The van der Waals surface area contributed by atoms with Gasteiger partial charge in [-0.05, 0) is 31.6 Å². The number of methoxy groups -OCH3 is 1. The molecule has 0 aromatic carbocycles. The summed E-state index contributed by atoms with van der Waals surface area (Å²) >= 11 is 0. The third kappa shape index (κ3) is 4.20. The Morgan fingerprint density at radius 2 is 2.11 bits per heavy atom. The Hall–Kier alpha value is -1.10. The molecule has 1 rings (SSSR count). The third-order valence-corrected chi connectivity index (χ3v) is 3.88. The molecule has 2 unspecified atom stereocenters. The van der Waals surface area contributed by atoms with Gasteiger partial charge in [0.05, 0.1) is 6.61 Å². The number of aliphatic carboxylic acids is 1. The molecule has 1 fully saturated rings. The van der Waals surface area contributed by atoms with E-state index in [0.29, 0.717) is 0 Å². The van der Waals surface area contributed by atoms with Crippen LogP contribution in [0.1, 0.15) is 46.5 Å². The second-order valence-electron chi connectivity index (χ2n) is 6.52. The zero-order chi connectivity index (χ0) is 14.7. The molecule has 110 valence electrons. The van der Waals surface area contributed by atoms with Gasteiger partial charge >= 0.3 is 5.97 Å². The molecular formula is C14H25NO4. The number of hydrogen-bond acceptors (Lipinski definition) is 3. The Labute approximate surface area is 114 Å². The van der Waals surface area contributed by atoms with Crippen LogP contribution in [0.2, 0.25) is 0 Å². The molecule has 0 aliphatic heterocycles. The molecular weight excluding hydrogens is 246 g/mol. The van der Waals surface area contributed by atoms with Crippen molar-refractivity contribution in [2.24, 2.45) is 11.3 Å². The van der Waals surface area contributed by atoms with E-state index < -0.39 is 11.5 Å². The number of carbonyl (C=O) groups excluding carboxylic acids is 1. The smallest absolute Gasteiger partial charge is 0.331 e. The van der Waals surface area contributed by atoms with E-state index in [-0.39, 0.29) is 23.8 Å². The van der Waals surface area contributed by atoms with Crippen molar-refractivity contribution < 1.29 is 19.4 Å². The van der Waals surface area contributed by atoms with Gasteiger partial charge in [0.15, 0.2) is 5.54 Å². The van der Waals surface area contributed by atoms with Crippen LogP contribution < -0.4 is 5.32 Å². The molecule has 0 radical (unpaired) electrons. The summed E-state index contributed by atoms with van der Waals surface area (Å²) < 4.78 is 4.90. The summed E-state index contributed by atoms with van der Waals surface area (Å²) in [7, 11) is 1.43. The van der Waals surface area contributed by atoms with Gasteiger partial charge in [0.25, 0.3) is 0 Å². The highest BCUT2D eigenvalue weighted by Gasteiger charge is 2.39. The lowest BCUT2D eigenvalue weighted by atomic mass is 9.72. The first kappa shape index (κ1) is 16.0. The van der Waals surface area contributed by atoms with Crippen LogP contribution in [0.15, 0.2) is 0 Å². The Balaban J connectivity index is 2.69. The van der Waals surface area contributed by atoms with Gasteiger partial charge in [0.1, 0.15) is 0 Å². The van der Waals surface area contributed by atoms with Crippen LogP contribution >= 0.6 is 0 Å². The zero-order valence-corrected chi connectivity index (χ0v) is 12.3. The number of rotatable bonds is 5. The van der Waals surface area contributed by atoms with Gasteiger partial charge in [-0.25, -0.2) is 4.79 Å². The minimum atomic E-state index is -1.35. The van der Waals surface area contributed by atoms with Crippen molar-refractivity contribution in [3.05, 3.63) is 0 Å². The maximum Gasteiger partial charge on any atom is 0.331 e. The SMILES string of the molecule is COCC(C)(NC(=O)C1CCCC(C)(C)C1)C(=O)O. The Bertz CT molecular complexity index is 353. The summed E-state index contributed by atoms with van der Waals surface area (Å²) in [6.45, 7) is 5.74. The average molecular weight is 271 g/mol. The molecule has 0 aromatic rings. The molecule has 19 heavy (non-hydrogen) atoms. The highest BCUT2D eigenvalue weighted by molar-refractivity contribution is 5.88. The summed E-state index contributed by atoms with van der Waals surface area (Å²) in [6.07, 6.45) is 3.77. The lowest BCUT2D eigenvalue weighted by Gasteiger charge is -2.36. The summed E-state index contributed by atoms with van der Waals surface area (Å²) in [4.78, 5) is 23.5. The van der Waals surface area contributed by atoms with Crippen molar-refractivity contribution in [2.45, 2.75) is 52.0 Å². The molecule has 0 heterocycles. The quantitative estimate of drug-likeness (QED) is 0.799. The fourth-order valence-corrected chi connectivity index (χ4v) is 2.74. The van der Waals surface area contributed by atoms with Crippen LogP contribution in [0.4, 0.5) is 0 Å². The minimum absolute atomic E-state index is 0.0375. The topological polar surface area (TPSA) is 75.6 Å². The van der Waals surface area contributed by atoms with Gasteiger partial charge < -0.3 is 15.2 Å². The van der Waals surface area contributed by atoms with E-state index in [1.807, 2.05) is 0 Å². The van der Waals surface area contributed by atoms with Gasteiger partial charge in [-0.1, -0.05) is 20.3 Å². The fourth-order valence-electron chi connectivity index (χ4n) is 2.74. The monoisotopic (exact) mass is 271 g/mol. The molecule has 5 nitrogen and oxygen atoms in total. The van der Waals surface area contributed by atoms with Gasteiger partial charge in [0.2, 0.25) is 5.91 Å². The molecule has 1 aliphatic rings. The van der Waals surface area contributed by atoms with Crippen molar-refractivity contribution in [2.75, 3.05) is 13.7 Å². The van der Waals surface area contributed by atoms with E-state index in [2.05, 4.69) is 19.2 Å². The number of carbonyl (C=O) groups is 2. The molecule has 1 aliphatic carbocycles. The first-order chi connectivity index (χ1) is 8.70. The van der Waals surface area contributed by atoms with E-state index in [9.17, 15) is 14.7 Å². The number of nitrogens with one attached hydrogen (secondary N) is 1. The molecule has 1 saturated carbocycles. The summed E-state index contributed by atoms with van der Waals surface area (Å²) in [5, 5.41) is 11.9. The van der Waals surface area contributed by atoms with Crippen molar-refractivity contribution in [3.63, 3.8) is 0 Å². The first-order valence-corrected chi connectivity index (χ1v) is 6.74. The fraction of sp³-hybridized carbons (Fsp3) is 0.857. The van der Waals surface area contributed by atoms with Crippen LogP contribution in [0.3, 0.4) is 0 Å². The standard InChI is InChI=1S/C14H25NO4/c1-13(2)7-5-6-10(8-13)11(16)15-14(3,9-19-4)12(17)18/h10H,5-9H2,1-4H3,(H,15,16)(H,17,18). The zero-order valence-electron chi connectivity index (χ0n) is 12.3. The molecule has 0 aromatic heterocycles. The second kappa shape index (κ2) is 5.90. The van der Waals surface area contributed by atoms with E-state index in [1.54, 1.807) is 0 Å². The molecule has 0 bridgehead atoms. The number of ether oxygens (including phenoxy) is 1. The number of amides is 1. The van der Waals surface area contributed by atoms with E-state index in [1.165, 1.54) is 14.0 Å². The maximum atomic E-state index is 12.3. The van der Waals surface area contributed by atoms with Crippen molar-refractivity contribution in [1.29, 1.82) is 0 Å². The Morgan fingerprint density at radius 1 is 1.47 bits per heavy atom. The molecule has 1 amide bonds. The van der Waals surface area contributed by atoms with Gasteiger partial charge in [-0.3, -0.25) is 4.79 Å². The first-order valence-electron chi connectivity index (χ1n) is 6.74. The molecule has 0 saturated heterocycles. The van der Waals surface area contributed by atoms with E-state index >= 15 is 0 Å². The van der Waals surface area contributed by atoms with Gasteiger partial charge in [-0.2, -0.15) is 0 Å². The van der Waals surface area contributed by atoms with Gasteiger partial charge in [-0.15, -0.1) is 0 Å². The van der Waals surface area contributed by atoms with Crippen LogP contribution in [-0.2, 0) is 14.3 Å². The van der Waals surface area contributed by atoms with E-state index in [0.717, 1.165) is 25.7 Å². The lowest BCUT2D eigenvalue weighted by molar-refractivity contribution is -0.150. The normalized spacial score (nSPS) is 25.4. The largest absolute Gasteiger partial charge is 0.479 e. The molecule has 0 spiro atoms. The number of hydrogen-bond donors (Lipinski definition) is 2. The minimum Gasteiger partial charge on any atom is -0.479 e. The van der Waals surface area contributed by atoms with Gasteiger partial charge in [0, 0.05) is 13.0 Å². The molecule has 2 N–H and O–H groups in total. The maximum absolute atomic E-state index is 12.3. The highest BCUT2D eigenvalue weighted by Crippen LogP contribution is 2.38. The summed E-state index contributed by atoms with van der Waals surface area (Å²) in [5.41, 5.74) is -1.20. The van der Waals surface area contributed by atoms with Crippen molar-refractivity contribution >= 4 is 11.9 Å². The molecule has 5 heteroatoms. The third-order valence-electron chi connectivity index (χ3n) is 3.88. The summed E-state index contributed by atoms with van der Waals surface area (Å²) in [6, 6.07) is 0. The summed E-state index contributed by atoms with van der Waals surface area (Å²) in [5.74, 6) is -1.34.